The SMILES string of the molecule is COc1ccccc1N1CCN(Cc2c(F)cccc2F)C(C)C1=O. The molecule has 0 aromatic heterocycles. The van der Waals surface area contributed by atoms with E-state index in [1.54, 1.807) is 29.9 Å². The van der Waals surface area contributed by atoms with Crippen LogP contribution in [0.4, 0.5) is 14.5 Å². The van der Waals surface area contributed by atoms with Crippen LogP contribution in [0.5, 0.6) is 5.75 Å². The molecule has 1 heterocycles. The van der Waals surface area contributed by atoms with E-state index in [1.807, 2.05) is 18.2 Å². The Morgan fingerprint density at radius 1 is 1.08 bits per heavy atom. The third-order valence-corrected chi connectivity index (χ3v) is 4.58. The lowest BCUT2D eigenvalue weighted by molar-refractivity contribution is -0.125. The molecule has 1 aliphatic heterocycles. The summed E-state index contributed by atoms with van der Waals surface area (Å²) in [6, 6.07) is 10.6. The number of nitrogens with zero attached hydrogens (tertiary/aromatic N) is 2. The molecule has 1 amide bonds. The Morgan fingerprint density at radius 3 is 2.44 bits per heavy atom. The number of anilines is 1. The van der Waals surface area contributed by atoms with Gasteiger partial charge in [-0.25, -0.2) is 8.78 Å². The molecule has 1 atom stereocenters. The first-order chi connectivity index (χ1) is 12.0. The van der Waals surface area contributed by atoms with Crippen molar-refractivity contribution in [2.24, 2.45) is 0 Å². The number of ether oxygens (including phenoxy) is 1. The van der Waals surface area contributed by atoms with Gasteiger partial charge in [-0.15, -0.1) is 0 Å². The van der Waals surface area contributed by atoms with Crippen molar-refractivity contribution >= 4 is 11.6 Å². The van der Waals surface area contributed by atoms with E-state index >= 15 is 0 Å². The summed E-state index contributed by atoms with van der Waals surface area (Å²) in [4.78, 5) is 16.3. The van der Waals surface area contributed by atoms with Gasteiger partial charge in [0.2, 0.25) is 5.91 Å². The second-order valence-electron chi connectivity index (χ2n) is 6.01. The molecular weight excluding hydrogens is 326 g/mol. The minimum Gasteiger partial charge on any atom is -0.495 e. The van der Waals surface area contributed by atoms with Gasteiger partial charge in [-0.05, 0) is 31.2 Å². The number of hydrogen-bond acceptors (Lipinski definition) is 3. The Hall–Kier alpha value is -2.47. The van der Waals surface area contributed by atoms with Crippen LogP contribution in [0, 0.1) is 11.6 Å². The van der Waals surface area contributed by atoms with Gasteiger partial charge >= 0.3 is 0 Å². The summed E-state index contributed by atoms with van der Waals surface area (Å²) in [5, 5.41) is 0. The highest BCUT2D eigenvalue weighted by atomic mass is 19.1. The molecule has 1 aliphatic rings. The smallest absolute Gasteiger partial charge is 0.244 e. The molecule has 6 heteroatoms. The van der Waals surface area contributed by atoms with Gasteiger partial charge in [0.05, 0.1) is 18.8 Å². The summed E-state index contributed by atoms with van der Waals surface area (Å²) in [5.74, 6) is -0.678. The van der Waals surface area contributed by atoms with Crippen molar-refractivity contribution in [1.82, 2.24) is 4.90 Å². The Labute approximate surface area is 145 Å². The van der Waals surface area contributed by atoms with Gasteiger partial charge in [0.25, 0.3) is 0 Å². The van der Waals surface area contributed by atoms with Crippen molar-refractivity contribution in [3.8, 4) is 5.75 Å². The topological polar surface area (TPSA) is 32.8 Å². The maximum absolute atomic E-state index is 13.9. The van der Waals surface area contributed by atoms with Crippen LogP contribution in [0.25, 0.3) is 0 Å². The fourth-order valence-electron chi connectivity index (χ4n) is 3.11. The van der Waals surface area contributed by atoms with E-state index in [-0.39, 0.29) is 18.0 Å². The minimum absolute atomic E-state index is 0.00658. The molecular formula is C19H20F2N2O2. The van der Waals surface area contributed by atoms with Crippen LogP contribution < -0.4 is 9.64 Å². The zero-order chi connectivity index (χ0) is 18.0. The van der Waals surface area contributed by atoms with Crippen molar-refractivity contribution in [3.05, 3.63) is 59.7 Å². The largest absolute Gasteiger partial charge is 0.495 e. The number of halogens is 2. The molecule has 1 fully saturated rings. The fourth-order valence-corrected chi connectivity index (χ4v) is 3.11. The minimum atomic E-state index is -0.591. The zero-order valence-electron chi connectivity index (χ0n) is 14.2. The lowest BCUT2D eigenvalue weighted by Crippen LogP contribution is -2.55. The van der Waals surface area contributed by atoms with E-state index in [9.17, 15) is 13.6 Å². The number of carbonyl (C=O) groups is 1. The molecule has 132 valence electrons. The second kappa shape index (κ2) is 7.19. The average Bonchev–Trinajstić information content (AvgIpc) is 2.62. The van der Waals surface area contributed by atoms with E-state index < -0.39 is 17.7 Å². The molecule has 3 rings (SSSR count). The van der Waals surface area contributed by atoms with Crippen molar-refractivity contribution in [3.63, 3.8) is 0 Å². The molecule has 1 unspecified atom stereocenters. The number of carbonyl (C=O) groups excluding carboxylic acids is 1. The van der Waals surface area contributed by atoms with Gasteiger partial charge in [0.1, 0.15) is 17.4 Å². The first-order valence-electron chi connectivity index (χ1n) is 8.14. The lowest BCUT2D eigenvalue weighted by Gasteiger charge is -2.39. The molecule has 0 spiro atoms. The summed E-state index contributed by atoms with van der Waals surface area (Å²) in [6.07, 6.45) is 0. The Balaban J connectivity index is 1.80. The Kier molecular flexibility index (Phi) is 4.99. The van der Waals surface area contributed by atoms with Crippen molar-refractivity contribution in [2.75, 3.05) is 25.1 Å². The standard InChI is InChI=1S/C19H20F2N2O2/c1-13-19(24)23(17-8-3-4-9-18(17)25-2)11-10-22(13)12-14-15(20)6-5-7-16(14)21/h3-9,13H,10-12H2,1-2H3. The van der Waals surface area contributed by atoms with Crippen molar-refractivity contribution < 1.29 is 18.3 Å². The normalized spacial score (nSPS) is 18.5. The van der Waals surface area contributed by atoms with E-state index in [2.05, 4.69) is 0 Å². The van der Waals surface area contributed by atoms with E-state index in [4.69, 9.17) is 4.74 Å². The highest BCUT2D eigenvalue weighted by Gasteiger charge is 2.34. The highest BCUT2D eigenvalue weighted by molar-refractivity contribution is 5.98. The molecule has 0 radical (unpaired) electrons. The quantitative estimate of drug-likeness (QED) is 0.852. The van der Waals surface area contributed by atoms with Gasteiger partial charge in [0, 0.05) is 25.2 Å². The van der Waals surface area contributed by atoms with Crippen LogP contribution >= 0.6 is 0 Å². The van der Waals surface area contributed by atoms with Crippen LogP contribution in [0.3, 0.4) is 0 Å². The molecule has 0 aliphatic carbocycles. The summed E-state index contributed by atoms with van der Waals surface area (Å²) in [6.45, 7) is 2.76. The van der Waals surface area contributed by atoms with E-state index in [1.165, 1.54) is 18.2 Å². The zero-order valence-corrected chi connectivity index (χ0v) is 14.2. The summed E-state index contributed by atoms with van der Waals surface area (Å²) in [5.41, 5.74) is 0.700. The first kappa shape index (κ1) is 17.4. The van der Waals surface area contributed by atoms with Gasteiger partial charge in [-0.2, -0.15) is 0 Å². The molecule has 25 heavy (non-hydrogen) atoms. The second-order valence-corrected chi connectivity index (χ2v) is 6.01. The maximum Gasteiger partial charge on any atom is 0.244 e. The number of para-hydroxylation sites is 2. The molecule has 0 bridgehead atoms. The molecule has 4 nitrogen and oxygen atoms in total. The van der Waals surface area contributed by atoms with Gasteiger partial charge in [-0.3, -0.25) is 9.69 Å². The summed E-state index contributed by atoms with van der Waals surface area (Å²) < 4.78 is 33.1. The highest BCUT2D eigenvalue weighted by Crippen LogP contribution is 2.30. The van der Waals surface area contributed by atoms with Crippen LogP contribution in [0.15, 0.2) is 42.5 Å². The Bertz CT molecular complexity index is 762. The van der Waals surface area contributed by atoms with Gasteiger partial charge in [-0.1, -0.05) is 18.2 Å². The predicted molar refractivity (Wildman–Crippen MR) is 91.6 cm³/mol. The van der Waals surface area contributed by atoms with Crippen LogP contribution in [0.1, 0.15) is 12.5 Å². The molecule has 0 saturated carbocycles. The lowest BCUT2D eigenvalue weighted by atomic mass is 10.1. The van der Waals surface area contributed by atoms with Gasteiger partial charge < -0.3 is 9.64 Å². The maximum atomic E-state index is 13.9. The number of amides is 1. The summed E-state index contributed by atoms with van der Waals surface area (Å²) in [7, 11) is 1.56. The van der Waals surface area contributed by atoms with Crippen LogP contribution in [-0.4, -0.2) is 37.0 Å². The van der Waals surface area contributed by atoms with E-state index in [0.717, 1.165) is 0 Å². The van der Waals surface area contributed by atoms with Gasteiger partial charge in [0.15, 0.2) is 0 Å². The summed E-state index contributed by atoms with van der Waals surface area (Å²) >= 11 is 0. The third-order valence-electron chi connectivity index (χ3n) is 4.58. The Morgan fingerprint density at radius 2 is 1.76 bits per heavy atom. The first-order valence-corrected chi connectivity index (χ1v) is 8.14. The molecule has 2 aromatic rings. The average molecular weight is 346 g/mol. The van der Waals surface area contributed by atoms with E-state index in [0.29, 0.717) is 24.5 Å². The number of rotatable bonds is 4. The number of methoxy groups -OCH3 is 1. The molecule has 2 aromatic carbocycles. The fraction of sp³-hybridized carbons (Fsp3) is 0.316. The third kappa shape index (κ3) is 3.35. The van der Waals surface area contributed by atoms with Crippen LogP contribution in [0.2, 0.25) is 0 Å². The number of benzene rings is 2. The number of hydrogen-bond donors (Lipinski definition) is 0. The van der Waals surface area contributed by atoms with Crippen molar-refractivity contribution in [2.45, 2.75) is 19.5 Å². The number of piperazine rings is 1. The monoisotopic (exact) mass is 346 g/mol. The predicted octanol–water partition coefficient (Wildman–Crippen LogP) is 3.21. The van der Waals surface area contributed by atoms with Crippen LogP contribution in [-0.2, 0) is 11.3 Å². The molecule has 1 saturated heterocycles. The van der Waals surface area contributed by atoms with Crippen molar-refractivity contribution in [1.29, 1.82) is 0 Å². The molecule has 0 N–H and O–H groups in total.